The number of aromatic nitrogens is 1. The molecule has 6 nitrogen and oxygen atoms in total. The molecule has 130 valence electrons. The van der Waals surface area contributed by atoms with E-state index in [1.807, 2.05) is 0 Å². The van der Waals surface area contributed by atoms with Gasteiger partial charge in [-0.3, -0.25) is 4.79 Å². The van der Waals surface area contributed by atoms with Gasteiger partial charge in [-0.1, -0.05) is 11.2 Å². The van der Waals surface area contributed by atoms with Crippen LogP contribution in [-0.4, -0.2) is 17.4 Å². The summed E-state index contributed by atoms with van der Waals surface area (Å²) in [7, 11) is 0. The van der Waals surface area contributed by atoms with Crippen molar-refractivity contribution in [3.63, 3.8) is 0 Å². The summed E-state index contributed by atoms with van der Waals surface area (Å²) >= 11 is 1.35. The van der Waals surface area contributed by atoms with Gasteiger partial charge >= 0.3 is 6.36 Å². The number of halogens is 3. The molecular weight excluding hydrogens is 359 g/mol. The van der Waals surface area contributed by atoms with Gasteiger partial charge in [0, 0.05) is 5.69 Å². The third-order valence-electron chi connectivity index (χ3n) is 3.05. The largest absolute Gasteiger partial charge is 0.573 e. The molecule has 25 heavy (non-hydrogen) atoms. The van der Waals surface area contributed by atoms with Crippen LogP contribution in [-0.2, 0) is 0 Å². The molecule has 0 aliphatic rings. The van der Waals surface area contributed by atoms with Gasteiger partial charge in [-0.2, -0.15) is 0 Å². The van der Waals surface area contributed by atoms with Crippen LogP contribution in [0.1, 0.15) is 10.4 Å². The van der Waals surface area contributed by atoms with Crippen molar-refractivity contribution in [1.29, 1.82) is 0 Å². The van der Waals surface area contributed by atoms with Crippen molar-refractivity contribution >= 4 is 28.8 Å². The van der Waals surface area contributed by atoms with Gasteiger partial charge in [-0.25, -0.2) is 0 Å². The van der Waals surface area contributed by atoms with Crippen molar-refractivity contribution in [3.05, 3.63) is 47.3 Å². The Morgan fingerprint density at radius 1 is 1.24 bits per heavy atom. The zero-order chi connectivity index (χ0) is 18.0. The molecule has 1 aromatic carbocycles. The van der Waals surface area contributed by atoms with Crippen LogP contribution in [0.4, 0.5) is 24.7 Å². The molecule has 0 atom stereocenters. The Morgan fingerprint density at radius 2 is 1.96 bits per heavy atom. The molecule has 3 rings (SSSR count). The zero-order valence-electron chi connectivity index (χ0n) is 12.3. The smallest absolute Gasteiger partial charge is 0.406 e. The van der Waals surface area contributed by atoms with Crippen LogP contribution in [0.3, 0.4) is 0 Å². The average molecular weight is 369 g/mol. The van der Waals surface area contributed by atoms with Crippen LogP contribution in [0.15, 0.2) is 46.3 Å². The lowest BCUT2D eigenvalue weighted by molar-refractivity contribution is -0.274. The number of nitrogen functional groups attached to an aromatic ring is 1. The van der Waals surface area contributed by atoms with E-state index in [9.17, 15) is 18.0 Å². The molecule has 0 unspecified atom stereocenters. The Kier molecular flexibility index (Phi) is 4.36. The van der Waals surface area contributed by atoms with E-state index in [-0.39, 0.29) is 17.1 Å². The van der Waals surface area contributed by atoms with E-state index < -0.39 is 18.0 Å². The maximum Gasteiger partial charge on any atom is 0.573 e. The van der Waals surface area contributed by atoms with E-state index in [1.54, 1.807) is 17.5 Å². The van der Waals surface area contributed by atoms with Gasteiger partial charge < -0.3 is 20.3 Å². The Balaban J connectivity index is 1.78. The highest BCUT2D eigenvalue weighted by atomic mass is 32.1. The molecule has 2 heterocycles. The number of benzene rings is 1. The molecule has 0 aliphatic heterocycles. The van der Waals surface area contributed by atoms with Crippen molar-refractivity contribution in [2.75, 3.05) is 11.1 Å². The Bertz CT molecular complexity index is 874. The number of hydrogen-bond donors (Lipinski definition) is 2. The number of carbonyl (C=O) groups is 1. The number of rotatable bonds is 4. The fourth-order valence-corrected chi connectivity index (χ4v) is 2.75. The highest BCUT2D eigenvalue weighted by Crippen LogP contribution is 2.31. The molecule has 0 saturated heterocycles. The highest BCUT2D eigenvalue weighted by molar-refractivity contribution is 7.13. The summed E-state index contributed by atoms with van der Waals surface area (Å²) in [6, 6.07) is 8.25. The number of thiophene rings is 1. The number of carbonyl (C=O) groups excluding carboxylic acids is 1. The number of nitrogens with one attached hydrogen (secondary N) is 1. The molecule has 0 aliphatic carbocycles. The minimum absolute atomic E-state index is 0.0538. The van der Waals surface area contributed by atoms with E-state index in [0.717, 1.165) is 12.1 Å². The summed E-state index contributed by atoms with van der Waals surface area (Å²) in [5.41, 5.74) is 6.27. The van der Waals surface area contributed by atoms with E-state index in [1.165, 1.54) is 23.5 Å². The first-order valence-corrected chi connectivity index (χ1v) is 7.67. The number of nitrogens with zero attached hydrogens (tertiary/aromatic N) is 1. The Labute approximate surface area is 143 Å². The standard InChI is InChI=1S/C15H10F3N3O3S/c16-15(17,18)23-9-5-3-8(4-6-9)20-14(22)11-12(21-24-13(11)19)10-2-1-7-25-10/h1-7H,19H2,(H,20,22). The fraction of sp³-hybridized carbons (Fsp3) is 0.0667. The van der Waals surface area contributed by atoms with Crippen LogP contribution in [0.2, 0.25) is 0 Å². The Hall–Kier alpha value is -3.01. The molecule has 0 radical (unpaired) electrons. The summed E-state index contributed by atoms with van der Waals surface area (Å²) in [5.74, 6) is -1.14. The fourth-order valence-electron chi connectivity index (χ4n) is 2.04. The van der Waals surface area contributed by atoms with Crippen LogP contribution in [0.25, 0.3) is 10.6 Å². The van der Waals surface area contributed by atoms with Crippen LogP contribution in [0.5, 0.6) is 5.75 Å². The number of anilines is 2. The van der Waals surface area contributed by atoms with E-state index in [4.69, 9.17) is 10.3 Å². The number of amides is 1. The molecule has 0 fully saturated rings. The number of nitrogens with two attached hydrogens (primary N) is 1. The van der Waals surface area contributed by atoms with Gasteiger partial charge in [-0.05, 0) is 35.7 Å². The normalized spacial score (nSPS) is 11.3. The van der Waals surface area contributed by atoms with Gasteiger partial charge in [0.25, 0.3) is 5.91 Å². The number of alkyl halides is 3. The topological polar surface area (TPSA) is 90.4 Å². The molecule has 0 spiro atoms. The molecule has 2 aromatic heterocycles. The lowest BCUT2D eigenvalue weighted by Gasteiger charge is -2.10. The maximum absolute atomic E-state index is 12.4. The molecule has 0 bridgehead atoms. The van der Waals surface area contributed by atoms with Gasteiger partial charge in [0.15, 0.2) is 0 Å². The van der Waals surface area contributed by atoms with E-state index in [2.05, 4.69) is 15.2 Å². The molecule has 3 N–H and O–H groups in total. The minimum Gasteiger partial charge on any atom is -0.406 e. The predicted octanol–water partition coefficient (Wildman–Crippen LogP) is 4.14. The lowest BCUT2D eigenvalue weighted by Crippen LogP contribution is -2.17. The summed E-state index contributed by atoms with van der Waals surface area (Å²) in [6.45, 7) is 0. The summed E-state index contributed by atoms with van der Waals surface area (Å²) in [5, 5.41) is 8.11. The molecular formula is C15H10F3N3O3S. The number of ether oxygens (including phenoxy) is 1. The van der Waals surface area contributed by atoms with Gasteiger partial charge in [0.1, 0.15) is 17.0 Å². The van der Waals surface area contributed by atoms with E-state index in [0.29, 0.717) is 10.6 Å². The quantitative estimate of drug-likeness (QED) is 0.721. The molecule has 1 amide bonds. The first-order chi connectivity index (χ1) is 11.8. The number of hydrogen-bond acceptors (Lipinski definition) is 6. The first kappa shape index (κ1) is 16.8. The van der Waals surface area contributed by atoms with Gasteiger partial charge in [-0.15, -0.1) is 24.5 Å². The zero-order valence-corrected chi connectivity index (χ0v) is 13.1. The minimum atomic E-state index is -4.78. The van der Waals surface area contributed by atoms with Crippen molar-refractivity contribution in [2.45, 2.75) is 6.36 Å². The van der Waals surface area contributed by atoms with Crippen LogP contribution < -0.4 is 15.8 Å². The molecule has 10 heteroatoms. The summed E-state index contributed by atoms with van der Waals surface area (Å²) in [4.78, 5) is 13.1. The van der Waals surface area contributed by atoms with E-state index >= 15 is 0 Å². The molecule has 3 aromatic rings. The predicted molar refractivity (Wildman–Crippen MR) is 85.3 cm³/mol. The second-order valence-electron chi connectivity index (χ2n) is 4.77. The van der Waals surface area contributed by atoms with Crippen molar-refractivity contribution < 1.29 is 27.2 Å². The van der Waals surface area contributed by atoms with Crippen molar-refractivity contribution in [2.24, 2.45) is 0 Å². The maximum atomic E-state index is 12.4. The third kappa shape index (κ3) is 3.91. The molecule has 0 saturated carbocycles. The van der Waals surface area contributed by atoms with Crippen LogP contribution >= 0.6 is 11.3 Å². The van der Waals surface area contributed by atoms with Gasteiger partial charge in [0.05, 0.1) is 4.88 Å². The second-order valence-corrected chi connectivity index (χ2v) is 5.72. The SMILES string of the molecule is Nc1onc(-c2cccs2)c1C(=O)Nc1ccc(OC(F)(F)F)cc1. The van der Waals surface area contributed by atoms with Crippen molar-refractivity contribution in [1.82, 2.24) is 5.16 Å². The van der Waals surface area contributed by atoms with Crippen LogP contribution in [0, 0.1) is 0 Å². The average Bonchev–Trinajstić information content (AvgIpc) is 3.16. The van der Waals surface area contributed by atoms with Gasteiger partial charge in [0.2, 0.25) is 5.88 Å². The Morgan fingerprint density at radius 3 is 2.56 bits per heavy atom. The summed E-state index contributed by atoms with van der Waals surface area (Å²) in [6.07, 6.45) is -4.78. The summed E-state index contributed by atoms with van der Waals surface area (Å²) < 4.78 is 45.1. The highest BCUT2D eigenvalue weighted by Gasteiger charge is 2.31. The lowest BCUT2D eigenvalue weighted by atomic mass is 10.2. The monoisotopic (exact) mass is 369 g/mol. The third-order valence-corrected chi connectivity index (χ3v) is 3.92. The second kappa shape index (κ2) is 6.48. The van der Waals surface area contributed by atoms with Crippen molar-refractivity contribution in [3.8, 4) is 16.3 Å². The first-order valence-electron chi connectivity index (χ1n) is 6.79.